The highest BCUT2D eigenvalue weighted by molar-refractivity contribution is 9.10. The summed E-state index contributed by atoms with van der Waals surface area (Å²) in [6, 6.07) is 12.5. The molecule has 27 heavy (non-hydrogen) atoms. The largest absolute Gasteiger partial charge is 0.456 e. The second kappa shape index (κ2) is 8.39. The molecule has 0 spiro atoms. The minimum absolute atomic E-state index is 0.0691. The highest BCUT2D eigenvalue weighted by Gasteiger charge is 2.37. The predicted molar refractivity (Wildman–Crippen MR) is 102 cm³/mol. The van der Waals surface area contributed by atoms with Crippen molar-refractivity contribution in [3.05, 3.63) is 53.0 Å². The van der Waals surface area contributed by atoms with E-state index in [9.17, 15) is 13.2 Å². The SMILES string of the molecule is O=C(NO)C1CCCCN1S(=O)(=O)c1ccc(Oc2ccccc2Br)cc1. The van der Waals surface area contributed by atoms with Crippen LogP contribution in [0, 0.1) is 0 Å². The van der Waals surface area contributed by atoms with E-state index in [4.69, 9.17) is 9.94 Å². The summed E-state index contributed by atoms with van der Waals surface area (Å²) >= 11 is 3.39. The molecule has 1 aliphatic rings. The molecule has 0 radical (unpaired) electrons. The standard InChI is InChI=1S/C18H19BrN2O5S/c19-15-5-1-2-7-17(15)26-13-8-10-14(11-9-13)27(24,25)21-12-4-3-6-16(21)18(22)20-23/h1-2,5,7-11,16,23H,3-4,6,12H2,(H,20,22). The van der Waals surface area contributed by atoms with Crippen LogP contribution in [-0.4, -0.2) is 36.4 Å². The van der Waals surface area contributed by atoms with Crippen LogP contribution in [0.5, 0.6) is 11.5 Å². The van der Waals surface area contributed by atoms with Crippen LogP contribution in [0.1, 0.15) is 19.3 Å². The topological polar surface area (TPSA) is 95.9 Å². The number of sulfonamides is 1. The third-order valence-corrected chi connectivity index (χ3v) is 6.94. The van der Waals surface area contributed by atoms with Crippen LogP contribution in [0.4, 0.5) is 0 Å². The van der Waals surface area contributed by atoms with E-state index in [1.165, 1.54) is 12.1 Å². The Morgan fingerprint density at radius 1 is 1.15 bits per heavy atom. The zero-order chi connectivity index (χ0) is 19.4. The van der Waals surface area contributed by atoms with Crippen molar-refractivity contribution in [3.63, 3.8) is 0 Å². The van der Waals surface area contributed by atoms with Crippen molar-refractivity contribution < 1.29 is 23.2 Å². The number of ether oxygens (including phenoxy) is 1. The number of hydrogen-bond donors (Lipinski definition) is 2. The van der Waals surface area contributed by atoms with E-state index in [1.807, 2.05) is 18.2 Å². The van der Waals surface area contributed by atoms with Crippen LogP contribution < -0.4 is 10.2 Å². The second-order valence-corrected chi connectivity index (χ2v) is 8.85. The quantitative estimate of drug-likeness (QED) is 0.533. The number of benzene rings is 2. The van der Waals surface area contributed by atoms with Crippen molar-refractivity contribution in [2.45, 2.75) is 30.2 Å². The maximum Gasteiger partial charge on any atom is 0.261 e. The highest BCUT2D eigenvalue weighted by atomic mass is 79.9. The van der Waals surface area contributed by atoms with Crippen LogP contribution in [0.3, 0.4) is 0 Å². The van der Waals surface area contributed by atoms with Gasteiger partial charge in [0, 0.05) is 6.54 Å². The molecule has 2 aromatic rings. The third kappa shape index (κ3) is 4.32. The lowest BCUT2D eigenvalue weighted by molar-refractivity contribution is -0.134. The average Bonchev–Trinajstić information content (AvgIpc) is 2.69. The maximum atomic E-state index is 13.0. The summed E-state index contributed by atoms with van der Waals surface area (Å²) in [6.07, 6.45) is 1.76. The molecule has 1 fully saturated rings. The normalized spacial score (nSPS) is 18.1. The number of hydroxylamine groups is 1. The van der Waals surface area contributed by atoms with Crippen molar-refractivity contribution in [1.82, 2.24) is 9.79 Å². The number of amides is 1. The molecule has 7 nitrogen and oxygen atoms in total. The minimum atomic E-state index is -3.87. The Labute approximate surface area is 166 Å². The zero-order valence-electron chi connectivity index (χ0n) is 14.3. The number of para-hydroxylation sites is 1. The molecule has 1 aliphatic heterocycles. The Balaban J connectivity index is 1.82. The summed E-state index contributed by atoms with van der Waals surface area (Å²) in [7, 11) is -3.87. The minimum Gasteiger partial charge on any atom is -0.456 e. The summed E-state index contributed by atoms with van der Waals surface area (Å²) in [5.41, 5.74) is 1.56. The fraction of sp³-hybridized carbons (Fsp3) is 0.278. The number of halogens is 1. The van der Waals surface area contributed by atoms with E-state index in [2.05, 4.69) is 15.9 Å². The maximum absolute atomic E-state index is 13.0. The van der Waals surface area contributed by atoms with Gasteiger partial charge >= 0.3 is 0 Å². The Kier molecular flexibility index (Phi) is 6.15. The lowest BCUT2D eigenvalue weighted by atomic mass is 10.0. The lowest BCUT2D eigenvalue weighted by Crippen LogP contribution is -2.51. The molecule has 0 saturated carbocycles. The van der Waals surface area contributed by atoms with E-state index >= 15 is 0 Å². The van der Waals surface area contributed by atoms with Crippen LogP contribution in [0.15, 0.2) is 57.9 Å². The summed E-state index contributed by atoms with van der Waals surface area (Å²) in [5.74, 6) is 0.389. The third-order valence-electron chi connectivity index (χ3n) is 4.36. The molecule has 2 aromatic carbocycles. The number of hydrogen-bond acceptors (Lipinski definition) is 5. The molecule has 1 amide bonds. The lowest BCUT2D eigenvalue weighted by Gasteiger charge is -2.33. The number of nitrogens with one attached hydrogen (secondary N) is 1. The first-order chi connectivity index (χ1) is 12.9. The van der Waals surface area contributed by atoms with Gasteiger partial charge in [-0.2, -0.15) is 4.31 Å². The van der Waals surface area contributed by atoms with E-state index < -0.39 is 22.0 Å². The van der Waals surface area contributed by atoms with Gasteiger partial charge in [-0.05, 0) is 65.2 Å². The van der Waals surface area contributed by atoms with Gasteiger partial charge in [0.25, 0.3) is 5.91 Å². The van der Waals surface area contributed by atoms with Crippen molar-refractivity contribution in [2.75, 3.05) is 6.54 Å². The number of carbonyl (C=O) groups excluding carboxylic acids is 1. The van der Waals surface area contributed by atoms with Gasteiger partial charge in [0.05, 0.1) is 9.37 Å². The van der Waals surface area contributed by atoms with Crippen LogP contribution in [0.25, 0.3) is 0 Å². The van der Waals surface area contributed by atoms with E-state index in [-0.39, 0.29) is 11.4 Å². The highest BCUT2D eigenvalue weighted by Crippen LogP contribution is 2.31. The molecular formula is C18H19BrN2O5S. The molecule has 0 aromatic heterocycles. The van der Waals surface area contributed by atoms with Gasteiger partial charge in [-0.3, -0.25) is 10.0 Å². The molecule has 1 atom stereocenters. The van der Waals surface area contributed by atoms with Crippen molar-refractivity contribution in [1.29, 1.82) is 0 Å². The Morgan fingerprint density at radius 3 is 2.52 bits per heavy atom. The van der Waals surface area contributed by atoms with E-state index in [0.29, 0.717) is 24.3 Å². The van der Waals surface area contributed by atoms with Gasteiger partial charge in [0.2, 0.25) is 10.0 Å². The van der Waals surface area contributed by atoms with Gasteiger partial charge in [-0.25, -0.2) is 13.9 Å². The second-order valence-electron chi connectivity index (χ2n) is 6.11. The molecule has 3 rings (SSSR count). The molecule has 2 N–H and O–H groups in total. The summed E-state index contributed by atoms with van der Waals surface area (Å²) in [5, 5.41) is 8.90. The molecular weight excluding hydrogens is 436 g/mol. The molecule has 1 unspecified atom stereocenters. The molecule has 1 saturated heterocycles. The van der Waals surface area contributed by atoms with Gasteiger partial charge in [0.1, 0.15) is 17.5 Å². The first-order valence-corrected chi connectivity index (χ1v) is 10.6. The van der Waals surface area contributed by atoms with Crippen molar-refractivity contribution >= 4 is 31.9 Å². The first kappa shape index (κ1) is 19.8. The van der Waals surface area contributed by atoms with Crippen LogP contribution >= 0.6 is 15.9 Å². The fourth-order valence-electron chi connectivity index (χ4n) is 3.00. The average molecular weight is 455 g/mol. The first-order valence-electron chi connectivity index (χ1n) is 8.42. The van der Waals surface area contributed by atoms with Crippen LogP contribution in [-0.2, 0) is 14.8 Å². The molecule has 144 valence electrons. The van der Waals surface area contributed by atoms with Crippen LogP contribution in [0.2, 0.25) is 0 Å². The number of rotatable bonds is 5. The number of piperidine rings is 1. The Hall–Kier alpha value is -1.94. The number of nitrogens with zero attached hydrogens (tertiary/aromatic N) is 1. The number of carbonyl (C=O) groups is 1. The van der Waals surface area contributed by atoms with Gasteiger partial charge in [0.15, 0.2) is 0 Å². The zero-order valence-corrected chi connectivity index (χ0v) is 16.7. The van der Waals surface area contributed by atoms with Gasteiger partial charge in [-0.1, -0.05) is 18.6 Å². The van der Waals surface area contributed by atoms with Crippen molar-refractivity contribution in [3.8, 4) is 11.5 Å². The van der Waals surface area contributed by atoms with Gasteiger partial charge in [-0.15, -0.1) is 0 Å². The van der Waals surface area contributed by atoms with Gasteiger partial charge < -0.3 is 4.74 Å². The summed E-state index contributed by atoms with van der Waals surface area (Å²) in [6.45, 7) is 0.232. The van der Waals surface area contributed by atoms with E-state index in [1.54, 1.807) is 23.7 Å². The van der Waals surface area contributed by atoms with E-state index in [0.717, 1.165) is 15.2 Å². The monoisotopic (exact) mass is 454 g/mol. The van der Waals surface area contributed by atoms with Crippen molar-refractivity contribution in [2.24, 2.45) is 0 Å². The summed E-state index contributed by atoms with van der Waals surface area (Å²) in [4.78, 5) is 11.9. The molecule has 0 aliphatic carbocycles. The molecule has 1 heterocycles. The fourth-order valence-corrected chi connectivity index (χ4v) is 5.02. The summed E-state index contributed by atoms with van der Waals surface area (Å²) < 4.78 is 33.6. The smallest absolute Gasteiger partial charge is 0.261 e. The Bertz CT molecular complexity index is 918. The molecule has 0 bridgehead atoms. The Morgan fingerprint density at radius 2 is 1.85 bits per heavy atom. The molecule has 9 heteroatoms. The predicted octanol–water partition coefficient (Wildman–Crippen LogP) is 3.29.